The Morgan fingerprint density at radius 3 is 2.60 bits per heavy atom. The molecule has 1 unspecified atom stereocenters. The molecule has 5 nitrogen and oxygen atoms in total. The lowest BCUT2D eigenvalue weighted by molar-refractivity contribution is -0.125. The van der Waals surface area contributed by atoms with Crippen molar-refractivity contribution in [3.63, 3.8) is 0 Å². The standard InChI is InChI=1S/C14H19ClN2O3/c1-8(2)9(3)17-13(18)7-20-14(19)11-6-10(16)4-5-12(11)15/h4-6,8-9H,7,16H2,1-3H3,(H,17,18). The molecular weight excluding hydrogens is 280 g/mol. The van der Waals surface area contributed by atoms with Crippen LogP contribution in [0.3, 0.4) is 0 Å². The Morgan fingerprint density at radius 2 is 2.00 bits per heavy atom. The minimum absolute atomic E-state index is 0.0113. The number of carbonyl (C=O) groups excluding carboxylic acids is 2. The van der Waals surface area contributed by atoms with E-state index in [1.807, 2.05) is 20.8 Å². The fourth-order valence-electron chi connectivity index (χ4n) is 1.37. The summed E-state index contributed by atoms with van der Waals surface area (Å²) >= 11 is 5.88. The van der Waals surface area contributed by atoms with Gasteiger partial charge in [0, 0.05) is 11.7 Å². The van der Waals surface area contributed by atoms with Gasteiger partial charge in [-0.1, -0.05) is 25.4 Å². The summed E-state index contributed by atoms with van der Waals surface area (Å²) in [7, 11) is 0. The number of hydrogen-bond donors (Lipinski definition) is 2. The van der Waals surface area contributed by atoms with Crippen LogP contribution in [-0.2, 0) is 9.53 Å². The minimum atomic E-state index is -0.672. The summed E-state index contributed by atoms with van der Waals surface area (Å²) in [5, 5.41) is 2.97. The molecule has 6 heteroatoms. The van der Waals surface area contributed by atoms with E-state index in [0.29, 0.717) is 11.6 Å². The highest BCUT2D eigenvalue weighted by molar-refractivity contribution is 6.33. The van der Waals surface area contributed by atoms with Gasteiger partial charge in [0.15, 0.2) is 6.61 Å². The fourth-order valence-corrected chi connectivity index (χ4v) is 1.57. The predicted molar refractivity (Wildman–Crippen MR) is 78.6 cm³/mol. The Bertz CT molecular complexity index is 503. The number of halogens is 1. The normalized spacial score (nSPS) is 12.1. The van der Waals surface area contributed by atoms with Gasteiger partial charge in [-0.2, -0.15) is 0 Å². The number of ether oxygens (including phenoxy) is 1. The Hall–Kier alpha value is -1.75. The molecule has 0 heterocycles. The molecule has 0 spiro atoms. The number of hydrogen-bond acceptors (Lipinski definition) is 4. The Labute approximate surface area is 123 Å². The van der Waals surface area contributed by atoms with Crippen LogP contribution in [0.15, 0.2) is 18.2 Å². The first-order valence-electron chi connectivity index (χ1n) is 6.32. The Balaban J connectivity index is 2.55. The summed E-state index contributed by atoms with van der Waals surface area (Å²) in [5.74, 6) is -0.716. The van der Waals surface area contributed by atoms with Crippen molar-refractivity contribution >= 4 is 29.2 Å². The van der Waals surface area contributed by atoms with Crippen molar-refractivity contribution in [3.8, 4) is 0 Å². The highest BCUT2D eigenvalue weighted by Crippen LogP contribution is 2.19. The van der Waals surface area contributed by atoms with Crippen LogP contribution in [0.25, 0.3) is 0 Å². The first kappa shape index (κ1) is 16.3. The highest BCUT2D eigenvalue weighted by atomic mass is 35.5. The molecule has 0 aliphatic carbocycles. The number of rotatable bonds is 5. The molecule has 1 aromatic carbocycles. The second kappa shape index (κ2) is 7.14. The van der Waals surface area contributed by atoms with Crippen LogP contribution >= 0.6 is 11.6 Å². The van der Waals surface area contributed by atoms with Gasteiger partial charge >= 0.3 is 5.97 Å². The van der Waals surface area contributed by atoms with E-state index in [4.69, 9.17) is 22.1 Å². The second-order valence-electron chi connectivity index (χ2n) is 4.92. The highest BCUT2D eigenvalue weighted by Gasteiger charge is 2.16. The smallest absolute Gasteiger partial charge is 0.340 e. The quantitative estimate of drug-likeness (QED) is 0.645. The number of benzene rings is 1. The number of esters is 1. The zero-order valence-electron chi connectivity index (χ0n) is 11.8. The lowest BCUT2D eigenvalue weighted by atomic mass is 10.1. The summed E-state index contributed by atoms with van der Waals surface area (Å²) in [6, 6.07) is 4.52. The van der Waals surface area contributed by atoms with Crippen LogP contribution in [0.5, 0.6) is 0 Å². The lowest BCUT2D eigenvalue weighted by Crippen LogP contribution is -2.38. The number of amides is 1. The third kappa shape index (κ3) is 4.74. The van der Waals surface area contributed by atoms with Crippen molar-refractivity contribution < 1.29 is 14.3 Å². The summed E-state index contributed by atoms with van der Waals surface area (Å²) in [6.07, 6.45) is 0. The molecule has 20 heavy (non-hydrogen) atoms. The third-order valence-corrected chi connectivity index (χ3v) is 3.26. The maximum absolute atomic E-state index is 11.8. The Morgan fingerprint density at radius 1 is 1.35 bits per heavy atom. The molecule has 1 rings (SSSR count). The molecule has 0 aromatic heterocycles. The zero-order chi connectivity index (χ0) is 15.3. The summed E-state index contributed by atoms with van der Waals surface area (Å²) in [5.41, 5.74) is 6.13. The molecule has 0 radical (unpaired) electrons. The van der Waals surface area contributed by atoms with Crippen molar-refractivity contribution in [2.75, 3.05) is 12.3 Å². The van der Waals surface area contributed by atoms with Crippen LogP contribution in [0.4, 0.5) is 5.69 Å². The number of carbonyl (C=O) groups is 2. The number of anilines is 1. The number of nitrogens with two attached hydrogens (primary N) is 1. The van der Waals surface area contributed by atoms with E-state index in [-0.39, 0.29) is 29.1 Å². The van der Waals surface area contributed by atoms with Crippen molar-refractivity contribution in [1.29, 1.82) is 0 Å². The van der Waals surface area contributed by atoms with Crippen molar-refractivity contribution in [2.45, 2.75) is 26.8 Å². The summed E-state index contributed by atoms with van der Waals surface area (Å²) in [6.45, 7) is 5.52. The maximum Gasteiger partial charge on any atom is 0.340 e. The number of nitrogen functional groups attached to an aromatic ring is 1. The molecule has 0 saturated heterocycles. The van der Waals surface area contributed by atoms with E-state index < -0.39 is 5.97 Å². The van der Waals surface area contributed by atoms with E-state index in [1.165, 1.54) is 12.1 Å². The molecule has 0 aliphatic rings. The molecule has 0 aliphatic heterocycles. The van der Waals surface area contributed by atoms with E-state index in [1.54, 1.807) is 6.07 Å². The molecule has 0 fully saturated rings. The van der Waals surface area contributed by atoms with Crippen molar-refractivity contribution in [2.24, 2.45) is 5.92 Å². The SMILES string of the molecule is CC(C)C(C)NC(=O)COC(=O)c1cc(N)ccc1Cl. The Kier molecular flexibility index (Phi) is 5.82. The largest absolute Gasteiger partial charge is 0.452 e. The van der Waals surface area contributed by atoms with Gasteiger partial charge in [0.25, 0.3) is 5.91 Å². The molecule has 1 amide bonds. The number of nitrogens with one attached hydrogen (secondary N) is 1. The van der Waals surface area contributed by atoms with Gasteiger partial charge in [0.1, 0.15) is 0 Å². The van der Waals surface area contributed by atoms with Gasteiger partial charge < -0.3 is 15.8 Å². The van der Waals surface area contributed by atoms with Gasteiger partial charge in [0.05, 0.1) is 10.6 Å². The van der Waals surface area contributed by atoms with Crippen LogP contribution in [-0.4, -0.2) is 24.5 Å². The maximum atomic E-state index is 11.8. The van der Waals surface area contributed by atoms with Crippen LogP contribution in [0.2, 0.25) is 5.02 Å². The topological polar surface area (TPSA) is 81.4 Å². The van der Waals surface area contributed by atoms with Gasteiger partial charge in [-0.3, -0.25) is 4.79 Å². The van der Waals surface area contributed by atoms with Gasteiger partial charge in [-0.15, -0.1) is 0 Å². The fraction of sp³-hybridized carbons (Fsp3) is 0.429. The average Bonchev–Trinajstić information content (AvgIpc) is 2.38. The van der Waals surface area contributed by atoms with E-state index in [9.17, 15) is 9.59 Å². The molecule has 3 N–H and O–H groups in total. The van der Waals surface area contributed by atoms with Crippen LogP contribution in [0, 0.1) is 5.92 Å². The minimum Gasteiger partial charge on any atom is -0.452 e. The lowest BCUT2D eigenvalue weighted by Gasteiger charge is -2.17. The van der Waals surface area contributed by atoms with Gasteiger partial charge in [0.2, 0.25) is 0 Å². The van der Waals surface area contributed by atoms with Crippen molar-refractivity contribution in [1.82, 2.24) is 5.32 Å². The van der Waals surface area contributed by atoms with Crippen LogP contribution < -0.4 is 11.1 Å². The molecule has 0 bridgehead atoms. The first-order valence-corrected chi connectivity index (χ1v) is 6.70. The third-order valence-electron chi connectivity index (χ3n) is 2.93. The zero-order valence-corrected chi connectivity index (χ0v) is 12.5. The van der Waals surface area contributed by atoms with E-state index in [0.717, 1.165) is 0 Å². The van der Waals surface area contributed by atoms with Crippen LogP contribution in [0.1, 0.15) is 31.1 Å². The average molecular weight is 299 g/mol. The molecule has 0 saturated carbocycles. The molecule has 1 aromatic rings. The summed E-state index contributed by atoms with van der Waals surface area (Å²) < 4.78 is 4.92. The van der Waals surface area contributed by atoms with Gasteiger partial charge in [-0.25, -0.2) is 4.79 Å². The molecule has 1 atom stereocenters. The molecule has 110 valence electrons. The van der Waals surface area contributed by atoms with E-state index >= 15 is 0 Å². The second-order valence-corrected chi connectivity index (χ2v) is 5.32. The van der Waals surface area contributed by atoms with Crippen molar-refractivity contribution in [3.05, 3.63) is 28.8 Å². The predicted octanol–water partition coefficient (Wildman–Crippen LogP) is 2.24. The van der Waals surface area contributed by atoms with E-state index in [2.05, 4.69) is 5.32 Å². The monoisotopic (exact) mass is 298 g/mol. The molecular formula is C14H19ClN2O3. The first-order chi connectivity index (χ1) is 9.31. The van der Waals surface area contributed by atoms with Gasteiger partial charge in [-0.05, 0) is 31.0 Å². The summed E-state index contributed by atoms with van der Waals surface area (Å²) in [4.78, 5) is 23.4.